The Morgan fingerprint density at radius 2 is 2.00 bits per heavy atom. The number of aliphatic carboxylic acids is 1. The van der Waals surface area contributed by atoms with Crippen LogP contribution in [0.3, 0.4) is 0 Å². The maximum atomic E-state index is 11.1. The maximum absolute atomic E-state index is 11.1. The van der Waals surface area contributed by atoms with Crippen LogP contribution < -0.4 is 5.32 Å². The molecule has 1 rings (SSSR count). The first kappa shape index (κ1) is 11.0. The third-order valence-corrected chi connectivity index (χ3v) is 3.89. The van der Waals surface area contributed by atoms with E-state index in [2.05, 4.69) is 5.32 Å². The van der Waals surface area contributed by atoms with Crippen LogP contribution in [0, 0.1) is 0 Å². The van der Waals surface area contributed by atoms with Crippen molar-refractivity contribution in [1.82, 2.24) is 5.32 Å². The van der Waals surface area contributed by atoms with Crippen LogP contribution in [0.1, 0.15) is 13.3 Å². The van der Waals surface area contributed by atoms with Gasteiger partial charge < -0.3 is 10.4 Å². The summed E-state index contributed by atoms with van der Waals surface area (Å²) in [6.45, 7) is 1.16. The van der Waals surface area contributed by atoms with Crippen molar-refractivity contribution in [2.24, 2.45) is 0 Å². The minimum absolute atomic E-state index is 0.0652. The van der Waals surface area contributed by atoms with Crippen molar-refractivity contribution in [1.29, 1.82) is 0 Å². The molecule has 1 amide bonds. The second kappa shape index (κ2) is 3.23. The van der Waals surface area contributed by atoms with Gasteiger partial charge in [0.15, 0.2) is 15.4 Å². The molecule has 0 bridgehead atoms. The number of sulfone groups is 1. The predicted octanol–water partition coefficient (Wildman–Crippen LogP) is -1.24. The Hall–Kier alpha value is -1.11. The molecule has 6 nitrogen and oxygen atoms in total. The van der Waals surface area contributed by atoms with Crippen molar-refractivity contribution < 1.29 is 23.1 Å². The fraction of sp³-hybridized carbons (Fsp3) is 0.714. The largest absolute Gasteiger partial charge is 0.479 e. The molecule has 1 fully saturated rings. The first-order valence-electron chi connectivity index (χ1n) is 4.00. The predicted molar refractivity (Wildman–Crippen MR) is 47.5 cm³/mol. The van der Waals surface area contributed by atoms with Crippen LogP contribution >= 0.6 is 0 Å². The highest BCUT2D eigenvalue weighted by atomic mass is 32.2. The van der Waals surface area contributed by atoms with Gasteiger partial charge in [0, 0.05) is 6.92 Å². The number of rotatable bonds is 2. The van der Waals surface area contributed by atoms with E-state index in [1.165, 1.54) is 0 Å². The molecule has 2 N–H and O–H groups in total. The summed E-state index contributed by atoms with van der Waals surface area (Å²) in [7, 11) is -3.34. The van der Waals surface area contributed by atoms with Crippen molar-refractivity contribution in [3.05, 3.63) is 0 Å². The molecule has 0 aliphatic carbocycles. The Morgan fingerprint density at radius 1 is 1.43 bits per heavy atom. The lowest BCUT2D eigenvalue weighted by Gasteiger charge is -2.22. The standard InChI is InChI=1S/C7H11NO5S/c1-5(9)8-7(6(10)11)2-3-14(12,13)4-7/h2-4H2,1H3,(H,8,9)(H,10,11). The number of carboxylic acid groups (broad SMARTS) is 1. The van der Waals surface area contributed by atoms with E-state index in [1.54, 1.807) is 0 Å². The molecule has 0 spiro atoms. The Balaban J connectivity index is 2.97. The number of nitrogens with one attached hydrogen (secondary N) is 1. The average Bonchev–Trinajstić information content (AvgIpc) is 2.26. The highest BCUT2D eigenvalue weighted by Crippen LogP contribution is 2.23. The van der Waals surface area contributed by atoms with E-state index in [0.717, 1.165) is 6.92 Å². The van der Waals surface area contributed by atoms with Crippen LogP contribution in [-0.4, -0.2) is 42.4 Å². The molecule has 0 saturated carbocycles. The Kier molecular flexibility index (Phi) is 2.53. The number of amides is 1. The monoisotopic (exact) mass is 221 g/mol. The summed E-state index contributed by atoms with van der Waals surface area (Å²) in [5.41, 5.74) is -1.62. The van der Waals surface area contributed by atoms with E-state index in [4.69, 9.17) is 5.11 Å². The summed E-state index contributed by atoms with van der Waals surface area (Å²) < 4.78 is 22.2. The van der Waals surface area contributed by atoms with Crippen LogP contribution in [-0.2, 0) is 19.4 Å². The number of carboxylic acids is 1. The first-order valence-corrected chi connectivity index (χ1v) is 5.82. The molecule has 0 aromatic carbocycles. The Labute approximate surface area is 81.2 Å². The van der Waals surface area contributed by atoms with E-state index in [0.29, 0.717) is 0 Å². The summed E-state index contributed by atoms with van der Waals surface area (Å²) >= 11 is 0. The van der Waals surface area contributed by atoms with Crippen LogP contribution in [0.5, 0.6) is 0 Å². The molecule has 80 valence electrons. The van der Waals surface area contributed by atoms with Crippen molar-refractivity contribution in [2.45, 2.75) is 18.9 Å². The molecule has 1 saturated heterocycles. The third kappa shape index (κ3) is 2.03. The smallest absolute Gasteiger partial charge is 0.330 e. The summed E-state index contributed by atoms with van der Waals surface area (Å²) in [4.78, 5) is 21.6. The molecule has 1 heterocycles. The second-order valence-electron chi connectivity index (χ2n) is 3.41. The van der Waals surface area contributed by atoms with Gasteiger partial charge in [-0.15, -0.1) is 0 Å². The van der Waals surface area contributed by atoms with Gasteiger partial charge in [-0.3, -0.25) is 4.79 Å². The molecule has 0 aromatic rings. The summed E-state index contributed by atoms with van der Waals surface area (Å²) in [6, 6.07) is 0. The normalized spacial score (nSPS) is 29.8. The van der Waals surface area contributed by atoms with E-state index in [9.17, 15) is 18.0 Å². The molecular weight excluding hydrogens is 210 g/mol. The summed E-state index contributed by atoms with van der Waals surface area (Å²) in [5.74, 6) is -2.55. The molecular formula is C7H11NO5S. The number of hydrogen-bond donors (Lipinski definition) is 2. The van der Waals surface area contributed by atoms with Crippen LogP contribution in [0.2, 0.25) is 0 Å². The lowest BCUT2D eigenvalue weighted by atomic mass is 9.99. The molecule has 1 atom stereocenters. The SMILES string of the molecule is CC(=O)NC1(C(=O)O)CCS(=O)(=O)C1. The molecule has 1 aliphatic heterocycles. The quantitative estimate of drug-likeness (QED) is 0.607. The lowest BCUT2D eigenvalue weighted by Crippen LogP contribution is -2.54. The van der Waals surface area contributed by atoms with Crippen molar-refractivity contribution in [3.8, 4) is 0 Å². The molecule has 0 radical (unpaired) electrons. The molecule has 7 heteroatoms. The van der Waals surface area contributed by atoms with E-state index in [1.807, 2.05) is 0 Å². The van der Waals surface area contributed by atoms with E-state index < -0.39 is 33.0 Å². The maximum Gasteiger partial charge on any atom is 0.330 e. The number of carbonyl (C=O) groups excluding carboxylic acids is 1. The van der Waals surface area contributed by atoms with Gasteiger partial charge >= 0.3 is 5.97 Å². The molecule has 1 unspecified atom stereocenters. The zero-order valence-corrected chi connectivity index (χ0v) is 8.43. The van der Waals surface area contributed by atoms with Gasteiger partial charge in [-0.25, -0.2) is 13.2 Å². The van der Waals surface area contributed by atoms with Gasteiger partial charge in [0.25, 0.3) is 0 Å². The molecule has 1 aliphatic rings. The topological polar surface area (TPSA) is 101 Å². The van der Waals surface area contributed by atoms with Crippen molar-refractivity contribution in [2.75, 3.05) is 11.5 Å². The second-order valence-corrected chi connectivity index (χ2v) is 5.59. The minimum atomic E-state index is -3.34. The third-order valence-electron chi connectivity index (χ3n) is 2.13. The molecule has 0 aromatic heterocycles. The number of carbonyl (C=O) groups is 2. The first-order chi connectivity index (χ1) is 6.27. The van der Waals surface area contributed by atoms with Gasteiger partial charge in [-0.2, -0.15) is 0 Å². The van der Waals surface area contributed by atoms with E-state index >= 15 is 0 Å². The zero-order valence-electron chi connectivity index (χ0n) is 7.61. The fourth-order valence-corrected chi connectivity index (χ4v) is 3.40. The van der Waals surface area contributed by atoms with Crippen molar-refractivity contribution in [3.63, 3.8) is 0 Å². The summed E-state index contributed by atoms with van der Waals surface area (Å²) in [5, 5.41) is 11.1. The van der Waals surface area contributed by atoms with E-state index in [-0.39, 0.29) is 12.2 Å². The fourth-order valence-electron chi connectivity index (χ4n) is 1.51. The van der Waals surface area contributed by atoms with Gasteiger partial charge in [0.2, 0.25) is 5.91 Å². The Morgan fingerprint density at radius 3 is 2.29 bits per heavy atom. The minimum Gasteiger partial charge on any atom is -0.479 e. The highest BCUT2D eigenvalue weighted by Gasteiger charge is 2.49. The average molecular weight is 221 g/mol. The van der Waals surface area contributed by atoms with Crippen molar-refractivity contribution >= 4 is 21.7 Å². The van der Waals surface area contributed by atoms with Crippen LogP contribution in [0.15, 0.2) is 0 Å². The molecule has 14 heavy (non-hydrogen) atoms. The number of hydrogen-bond acceptors (Lipinski definition) is 4. The highest BCUT2D eigenvalue weighted by molar-refractivity contribution is 7.91. The lowest BCUT2D eigenvalue weighted by molar-refractivity contribution is -0.146. The van der Waals surface area contributed by atoms with Crippen LogP contribution in [0.25, 0.3) is 0 Å². The van der Waals surface area contributed by atoms with Gasteiger partial charge in [-0.05, 0) is 6.42 Å². The Bertz CT molecular complexity index is 374. The van der Waals surface area contributed by atoms with Gasteiger partial charge in [0.1, 0.15) is 0 Å². The zero-order chi connectivity index (χ0) is 11.0. The van der Waals surface area contributed by atoms with Gasteiger partial charge in [0.05, 0.1) is 11.5 Å². The summed E-state index contributed by atoms with van der Waals surface area (Å²) in [6.07, 6.45) is -0.0652. The van der Waals surface area contributed by atoms with Crippen LogP contribution in [0.4, 0.5) is 0 Å². The van der Waals surface area contributed by atoms with Gasteiger partial charge in [-0.1, -0.05) is 0 Å².